The van der Waals surface area contributed by atoms with Crippen LogP contribution in [-0.2, 0) is 11.2 Å². The molecule has 0 atom stereocenters. The van der Waals surface area contributed by atoms with E-state index in [9.17, 15) is 4.79 Å². The zero-order valence-electron chi connectivity index (χ0n) is 18.5. The topological polar surface area (TPSA) is 83.0 Å². The zero-order valence-corrected chi connectivity index (χ0v) is 20.1. The fourth-order valence-corrected chi connectivity index (χ4v) is 4.55. The molecule has 1 amide bonds. The van der Waals surface area contributed by atoms with Crippen molar-refractivity contribution in [3.8, 4) is 27.3 Å². The Balaban J connectivity index is 1.85. The van der Waals surface area contributed by atoms with Gasteiger partial charge >= 0.3 is 0 Å². The fraction of sp³-hybridized carbons (Fsp3) is 0.280. The van der Waals surface area contributed by atoms with E-state index in [0.717, 1.165) is 39.3 Å². The molecule has 8 heteroatoms. The Labute approximate surface area is 203 Å². The minimum absolute atomic E-state index is 0.0896. The van der Waals surface area contributed by atoms with Crippen LogP contribution in [-0.4, -0.2) is 37.1 Å². The molecule has 0 bridgehead atoms. The lowest BCUT2D eigenvalue weighted by atomic mass is 9.97. The second-order valence-corrected chi connectivity index (χ2v) is 8.58. The number of nitrogens with one attached hydrogen (secondary N) is 2. The predicted molar refractivity (Wildman–Crippen MR) is 136 cm³/mol. The van der Waals surface area contributed by atoms with Crippen LogP contribution >= 0.6 is 22.9 Å². The summed E-state index contributed by atoms with van der Waals surface area (Å²) in [5.41, 5.74) is 6.54. The number of hydrogen-bond donors (Lipinski definition) is 3. The normalized spacial score (nSPS) is 11.0. The number of halogens is 1. The van der Waals surface area contributed by atoms with Crippen LogP contribution in [0.2, 0.25) is 5.02 Å². The van der Waals surface area contributed by atoms with Crippen molar-refractivity contribution in [3.05, 3.63) is 64.5 Å². The largest absolute Gasteiger partial charge is 0.494 e. The van der Waals surface area contributed by atoms with E-state index < -0.39 is 0 Å². The standard InChI is InChI=1S/C25H28ClN3O3S/c1-2-14-32-19-10-8-18(9-11-19)25-21(15-24(31)27-17-29-28-12-5-13-30)22(16-33-25)20-6-3-4-7-23(20)26/h3-4,6-11,16-17,28,30H,2,5,12-15H2,1H3,(H,27,29,31). The minimum atomic E-state index is -0.182. The summed E-state index contributed by atoms with van der Waals surface area (Å²) >= 11 is 8.06. The summed E-state index contributed by atoms with van der Waals surface area (Å²) in [6.07, 6.45) is 3.05. The molecular weight excluding hydrogens is 458 g/mol. The summed E-state index contributed by atoms with van der Waals surface area (Å²) in [6, 6.07) is 15.6. The molecule has 33 heavy (non-hydrogen) atoms. The summed E-state index contributed by atoms with van der Waals surface area (Å²) < 4.78 is 5.70. The van der Waals surface area contributed by atoms with Gasteiger partial charge in [0.05, 0.1) is 13.0 Å². The van der Waals surface area contributed by atoms with Crippen LogP contribution in [0.25, 0.3) is 21.6 Å². The van der Waals surface area contributed by atoms with Crippen molar-refractivity contribution in [2.45, 2.75) is 26.2 Å². The highest BCUT2D eigenvalue weighted by Gasteiger charge is 2.19. The van der Waals surface area contributed by atoms with Crippen molar-refractivity contribution >= 4 is 35.2 Å². The number of ether oxygens (including phenoxy) is 1. The highest BCUT2D eigenvalue weighted by molar-refractivity contribution is 7.14. The van der Waals surface area contributed by atoms with Crippen LogP contribution in [0.3, 0.4) is 0 Å². The first-order valence-corrected chi connectivity index (χ1v) is 12.1. The van der Waals surface area contributed by atoms with Crippen molar-refractivity contribution < 1.29 is 14.6 Å². The molecule has 0 radical (unpaired) electrons. The Bertz CT molecular complexity index is 1070. The number of aliphatic hydroxyl groups is 1. The number of rotatable bonds is 12. The quantitative estimate of drug-likeness (QED) is 0.144. The van der Waals surface area contributed by atoms with Crippen molar-refractivity contribution in [2.75, 3.05) is 19.8 Å². The molecule has 1 aromatic heterocycles. The van der Waals surface area contributed by atoms with Gasteiger partial charge in [-0.25, -0.2) is 0 Å². The third-order valence-electron chi connectivity index (χ3n) is 4.81. The van der Waals surface area contributed by atoms with Crippen LogP contribution in [0.5, 0.6) is 5.75 Å². The van der Waals surface area contributed by atoms with Crippen molar-refractivity contribution in [1.29, 1.82) is 0 Å². The smallest absolute Gasteiger partial charge is 0.229 e. The van der Waals surface area contributed by atoms with Crippen molar-refractivity contribution in [3.63, 3.8) is 0 Å². The van der Waals surface area contributed by atoms with Gasteiger partial charge in [0.2, 0.25) is 5.91 Å². The van der Waals surface area contributed by atoms with Gasteiger partial charge in [0.1, 0.15) is 12.1 Å². The van der Waals surface area contributed by atoms with E-state index in [-0.39, 0.29) is 18.9 Å². The summed E-state index contributed by atoms with van der Waals surface area (Å²) in [5.74, 6) is 0.645. The lowest BCUT2D eigenvalue weighted by molar-refractivity contribution is -0.118. The van der Waals surface area contributed by atoms with Crippen molar-refractivity contribution in [2.24, 2.45) is 5.10 Å². The van der Waals surface area contributed by atoms with Gasteiger partial charge in [-0.3, -0.25) is 4.79 Å². The molecule has 3 aromatic rings. The number of hydrazone groups is 1. The average Bonchev–Trinajstić information content (AvgIpc) is 3.23. The van der Waals surface area contributed by atoms with E-state index in [2.05, 4.69) is 22.8 Å². The molecule has 2 aromatic carbocycles. The van der Waals surface area contributed by atoms with Crippen LogP contribution in [0.1, 0.15) is 25.3 Å². The fourth-order valence-electron chi connectivity index (χ4n) is 3.21. The van der Waals surface area contributed by atoms with Crippen molar-refractivity contribution in [1.82, 2.24) is 10.7 Å². The third-order valence-corrected chi connectivity index (χ3v) is 6.21. The third kappa shape index (κ3) is 7.05. The number of nitrogens with zero attached hydrogens (tertiary/aromatic N) is 1. The van der Waals surface area contributed by atoms with Gasteiger partial charge in [0.25, 0.3) is 0 Å². The molecule has 0 saturated heterocycles. The second-order valence-electron chi connectivity index (χ2n) is 7.30. The highest BCUT2D eigenvalue weighted by atomic mass is 35.5. The number of thiophene rings is 1. The molecule has 3 N–H and O–H groups in total. The minimum Gasteiger partial charge on any atom is -0.494 e. The van der Waals surface area contributed by atoms with E-state index in [1.807, 2.05) is 53.9 Å². The number of hydrogen-bond acceptors (Lipinski definition) is 6. The lowest BCUT2D eigenvalue weighted by Gasteiger charge is -2.10. The van der Waals surface area contributed by atoms with Gasteiger partial charge in [0.15, 0.2) is 0 Å². The molecule has 0 aliphatic rings. The van der Waals surface area contributed by atoms with E-state index in [1.165, 1.54) is 6.34 Å². The lowest BCUT2D eigenvalue weighted by Crippen LogP contribution is -2.25. The molecule has 0 saturated carbocycles. The summed E-state index contributed by atoms with van der Waals surface area (Å²) in [7, 11) is 0. The summed E-state index contributed by atoms with van der Waals surface area (Å²) in [6.45, 7) is 3.37. The molecular formula is C25H28ClN3O3S. The Kier molecular flexibility index (Phi) is 9.75. The molecule has 0 fully saturated rings. The molecule has 0 unspecified atom stereocenters. The molecule has 0 aliphatic carbocycles. The number of aliphatic hydroxyl groups excluding tert-OH is 1. The van der Waals surface area contributed by atoms with Crippen LogP contribution in [0, 0.1) is 0 Å². The summed E-state index contributed by atoms with van der Waals surface area (Å²) in [5, 5.41) is 18.1. The maximum absolute atomic E-state index is 12.7. The molecule has 0 spiro atoms. The van der Waals surface area contributed by atoms with E-state index in [4.69, 9.17) is 21.4 Å². The van der Waals surface area contributed by atoms with Gasteiger partial charge in [0, 0.05) is 28.6 Å². The Hall–Kier alpha value is -2.87. The maximum atomic E-state index is 12.7. The predicted octanol–water partition coefficient (Wildman–Crippen LogP) is 5.10. The van der Waals surface area contributed by atoms with Crippen LogP contribution < -0.4 is 15.5 Å². The molecule has 0 aliphatic heterocycles. The maximum Gasteiger partial charge on any atom is 0.229 e. The first kappa shape index (κ1) is 24.8. The van der Waals surface area contributed by atoms with Gasteiger partial charge in [-0.2, -0.15) is 5.10 Å². The second kappa shape index (κ2) is 13.0. The highest BCUT2D eigenvalue weighted by Crippen LogP contribution is 2.41. The van der Waals surface area contributed by atoms with E-state index >= 15 is 0 Å². The number of benzene rings is 2. The number of carbonyl (C=O) groups excluding carboxylic acids is 1. The first-order chi connectivity index (χ1) is 16.1. The van der Waals surface area contributed by atoms with Crippen LogP contribution in [0.15, 0.2) is 59.0 Å². The van der Waals surface area contributed by atoms with Gasteiger partial charge in [-0.05, 0) is 65.2 Å². The molecule has 174 valence electrons. The summed E-state index contributed by atoms with van der Waals surface area (Å²) in [4.78, 5) is 13.7. The van der Waals surface area contributed by atoms with Gasteiger partial charge in [-0.1, -0.05) is 36.7 Å². The Morgan fingerprint density at radius 2 is 1.97 bits per heavy atom. The molecule has 1 heterocycles. The van der Waals surface area contributed by atoms with E-state index in [0.29, 0.717) is 24.6 Å². The SMILES string of the molecule is CCCOc1ccc(-c2scc(-c3ccccc3Cl)c2CC(=O)N/C=N\NCCCO)cc1. The zero-order chi connectivity index (χ0) is 23.5. The van der Waals surface area contributed by atoms with Gasteiger partial charge < -0.3 is 20.6 Å². The Morgan fingerprint density at radius 3 is 2.70 bits per heavy atom. The number of carbonyl (C=O) groups is 1. The van der Waals surface area contributed by atoms with Crippen LogP contribution in [0.4, 0.5) is 0 Å². The molecule has 3 rings (SSSR count). The monoisotopic (exact) mass is 485 g/mol. The van der Waals surface area contributed by atoms with E-state index in [1.54, 1.807) is 11.3 Å². The molecule has 6 nitrogen and oxygen atoms in total. The van der Waals surface area contributed by atoms with Gasteiger partial charge in [-0.15, -0.1) is 11.3 Å². The number of amides is 1. The Morgan fingerprint density at radius 1 is 1.18 bits per heavy atom. The first-order valence-electron chi connectivity index (χ1n) is 10.9. The average molecular weight is 486 g/mol.